The first-order valence-corrected chi connectivity index (χ1v) is 8.82. The number of nitrogens with zero attached hydrogens (tertiary/aromatic N) is 3. The predicted octanol–water partition coefficient (Wildman–Crippen LogP) is 3.22. The van der Waals surface area contributed by atoms with Gasteiger partial charge in [-0.05, 0) is 19.1 Å². The van der Waals surface area contributed by atoms with E-state index in [9.17, 15) is 4.79 Å². The van der Waals surface area contributed by atoms with Crippen LogP contribution in [0.5, 0.6) is 0 Å². The normalized spacial score (nSPS) is 11.0. The average molecular weight is 361 g/mol. The van der Waals surface area contributed by atoms with Gasteiger partial charge >= 0.3 is 5.97 Å². The number of hydrogen-bond donors (Lipinski definition) is 2. The van der Waals surface area contributed by atoms with Crippen LogP contribution in [0.3, 0.4) is 0 Å². The fourth-order valence-electron chi connectivity index (χ4n) is 3.03. The standard InChI is InChI=1S/C20H19N5O2/c1-2-27-19(26)11-17-13-7-3-4-8-14(13)20(25-24-17)21-12-18-22-15-9-5-6-10-16(15)23-18/h3-10H,2,11-12H2,1H3,(H,21,25)(H,22,23). The molecule has 0 fully saturated rings. The van der Waals surface area contributed by atoms with Crippen molar-refractivity contribution in [1.29, 1.82) is 0 Å². The van der Waals surface area contributed by atoms with Crippen LogP contribution in [-0.2, 0) is 22.5 Å². The third kappa shape index (κ3) is 3.57. The number of benzene rings is 2. The van der Waals surface area contributed by atoms with E-state index < -0.39 is 0 Å². The second-order valence-electron chi connectivity index (χ2n) is 6.08. The Morgan fingerprint density at radius 2 is 1.85 bits per heavy atom. The number of imidazole rings is 1. The number of carbonyl (C=O) groups excluding carboxylic acids is 1. The van der Waals surface area contributed by atoms with E-state index in [-0.39, 0.29) is 12.4 Å². The molecule has 0 unspecified atom stereocenters. The highest BCUT2D eigenvalue weighted by molar-refractivity contribution is 5.94. The van der Waals surface area contributed by atoms with E-state index in [1.807, 2.05) is 48.5 Å². The first kappa shape index (κ1) is 17.0. The fraction of sp³-hybridized carbons (Fsp3) is 0.200. The molecule has 0 bridgehead atoms. The number of carbonyl (C=O) groups is 1. The lowest BCUT2D eigenvalue weighted by Gasteiger charge is -2.10. The van der Waals surface area contributed by atoms with Crippen molar-refractivity contribution in [3.63, 3.8) is 0 Å². The molecule has 2 aromatic carbocycles. The van der Waals surface area contributed by atoms with Crippen LogP contribution in [0.1, 0.15) is 18.4 Å². The summed E-state index contributed by atoms with van der Waals surface area (Å²) >= 11 is 0. The molecule has 0 radical (unpaired) electrons. The highest BCUT2D eigenvalue weighted by atomic mass is 16.5. The van der Waals surface area contributed by atoms with Crippen molar-refractivity contribution in [2.24, 2.45) is 0 Å². The molecule has 2 aromatic heterocycles. The molecule has 2 N–H and O–H groups in total. The van der Waals surface area contributed by atoms with E-state index in [2.05, 4.69) is 25.5 Å². The first-order valence-electron chi connectivity index (χ1n) is 8.82. The van der Waals surface area contributed by atoms with Gasteiger partial charge in [0.2, 0.25) is 0 Å². The minimum Gasteiger partial charge on any atom is -0.466 e. The summed E-state index contributed by atoms with van der Waals surface area (Å²) in [6.45, 7) is 2.62. The molecule has 0 saturated heterocycles. The predicted molar refractivity (Wildman–Crippen MR) is 103 cm³/mol. The van der Waals surface area contributed by atoms with Gasteiger partial charge in [0, 0.05) is 10.8 Å². The quantitative estimate of drug-likeness (QED) is 0.512. The second-order valence-corrected chi connectivity index (χ2v) is 6.08. The summed E-state index contributed by atoms with van der Waals surface area (Å²) in [6.07, 6.45) is 0.102. The van der Waals surface area contributed by atoms with Crippen molar-refractivity contribution in [2.75, 3.05) is 11.9 Å². The molecule has 4 aromatic rings. The number of nitrogens with one attached hydrogen (secondary N) is 2. The maximum absolute atomic E-state index is 11.8. The average Bonchev–Trinajstić information content (AvgIpc) is 3.10. The van der Waals surface area contributed by atoms with E-state index in [1.54, 1.807) is 6.92 Å². The Labute approximate surface area is 155 Å². The van der Waals surface area contributed by atoms with E-state index in [1.165, 1.54) is 0 Å². The van der Waals surface area contributed by atoms with Crippen molar-refractivity contribution >= 4 is 33.6 Å². The Hall–Kier alpha value is -3.48. The molecule has 0 saturated carbocycles. The van der Waals surface area contributed by atoms with Gasteiger partial charge in [-0.3, -0.25) is 4.79 Å². The van der Waals surface area contributed by atoms with Gasteiger partial charge in [0.05, 0.1) is 36.3 Å². The van der Waals surface area contributed by atoms with Crippen LogP contribution < -0.4 is 5.32 Å². The maximum Gasteiger partial charge on any atom is 0.311 e. The van der Waals surface area contributed by atoms with Crippen LogP contribution in [0.25, 0.3) is 21.8 Å². The minimum atomic E-state index is -0.306. The molecule has 136 valence electrons. The number of fused-ring (bicyclic) bond motifs is 2. The van der Waals surface area contributed by atoms with Crippen molar-refractivity contribution in [1.82, 2.24) is 20.2 Å². The summed E-state index contributed by atoms with van der Waals surface area (Å²) in [5.74, 6) is 1.16. The van der Waals surface area contributed by atoms with Crippen molar-refractivity contribution < 1.29 is 9.53 Å². The number of H-pyrrole nitrogens is 1. The highest BCUT2D eigenvalue weighted by Gasteiger charge is 2.13. The number of rotatable bonds is 6. The summed E-state index contributed by atoms with van der Waals surface area (Å²) in [5.41, 5.74) is 2.53. The molecule has 7 nitrogen and oxygen atoms in total. The van der Waals surface area contributed by atoms with Gasteiger partial charge in [0.1, 0.15) is 5.82 Å². The Morgan fingerprint density at radius 3 is 2.67 bits per heavy atom. The molecule has 27 heavy (non-hydrogen) atoms. The molecule has 2 heterocycles. The van der Waals surface area contributed by atoms with Gasteiger partial charge in [0.25, 0.3) is 0 Å². The molecule has 0 amide bonds. The van der Waals surface area contributed by atoms with Crippen molar-refractivity contribution in [2.45, 2.75) is 19.9 Å². The molecule has 0 aliphatic rings. The van der Waals surface area contributed by atoms with Crippen molar-refractivity contribution in [3.8, 4) is 0 Å². The number of hydrogen-bond acceptors (Lipinski definition) is 6. The molecular weight excluding hydrogens is 342 g/mol. The van der Waals surface area contributed by atoms with E-state index in [0.717, 1.165) is 27.6 Å². The topological polar surface area (TPSA) is 92.8 Å². The number of aromatic nitrogens is 4. The maximum atomic E-state index is 11.8. The summed E-state index contributed by atoms with van der Waals surface area (Å²) in [7, 11) is 0. The van der Waals surface area contributed by atoms with Crippen LogP contribution >= 0.6 is 0 Å². The van der Waals surface area contributed by atoms with E-state index >= 15 is 0 Å². The third-order valence-electron chi connectivity index (χ3n) is 4.24. The largest absolute Gasteiger partial charge is 0.466 e. The summed E-state index contributed by atoms with van der Waals surface area (Å²) in [4.78, 5) is 19.7. The zero-order chi connectivity index (χ0) is 18.6. The zero-order valence-corrected chi connectivity index (χ0v) is 14.9. The summed E-state index contributed by atoms with van der Waals surface area (Å²) in [5, 5.41) is 13.6. The fourth-order valence-corrected chi connectivity index (χ4v) is 3.03. The third-order valence-corrected chi connectivity index (χ3v) is 4.24. The van der Waals surface area contributed by atoms with Crippen LogP contribution in [-0.4, -0.2) is 32.7 Å². The van der Waals surface area contributed by atoms with Crippen LogP contribution in [0.4, 0.5) is 5.82 Å². The van der Waals surface area contributed by atoms with E-state index in [4.69, 9.17) is 4.74 Å². The number of aromatic amines is 1. The Bertz CT molecular complexity index is 1070. The van der Waals surface area contributed by atoms with E-state index in [0.29, 0.717) is 24.7 Å². The SMILES string of the molecule is CCOC(=O)Cc1nnc(NCc2nc3ccccc3[nH]2)c2ccccc12. The van der Waals surface area contributed by atoms with Gasteiger partial charge in [-0.25, -0.2) is 4.98 Å². The van der Waals surface area contributed by atoms with Crippen molar-refractivity contribution in [3.05, 3.63) is 60.0 Å². The number of anilines is 1. The lowest BCUT2D eigenvalue weighted by Crippen LogP contribution is -2.11. The molecule has 0 aliphatic heterocycles. The smallest absolute Gasteiger partial charge is 0.311 e. The number of esters is 1. The van der Waals surface area contributed by atoms with Crippen LogP contribution in [0.2, 0.25) is 0 Å². The highest BCUT2D eigenvalue weighted by Crippen LogP contribution is 2.24. The molecule has 7 heteroatoms. The zero-order valence-electron chi connectivity index (χ0n) is 14.9. The lowest BCUT2D eigenvalue weighted by atomic mass is 10.1. The summed E-state index contributed by atoms with van der Waals surface area (Å²) < 4.78 is 5.02. The summed E-state index contributed by atoms with van der Waals surface area (Å²) in [6, 6.07) is 15.6. The number of para-hydroxylation sites is 2. The Kier molecular flexibility index (Phi) is 4.65. The van der Waals surface area contributed by atoms with Crippen LogP contribution in [0, 0.1) is 0 Å². The monoisotopic (exact) mass is 361 g/mol. The van der Waals surface area contributed by atoms with Gasteiger partial charge < -0.3 is 15.0 Å². The number of ether oxygens (including phenoxy) is 1. The van der Waals surface area contributed by atoms with Gasteiger partial charge in [0.15, 0.2) is 5.82 Å². The second kappa shape index (κ2) is 7.41. The first-order chi connectivity index (χ1) is 13.2. The van der Waals surface area contributed by atoms with Crippen LogP contribution in [0.15, 0.2) is 48.5 Å². The molecule has 4 rings (SSSR count). The Balaban J connectivity index is 1.59. The molecule has 0 aliphatic carbocycles. The molecule has 0 atom stereocenters. The Morgan fingerprint density at radius 1 is 1.07 bits per heavy atom. The van der Waals surface area contributed by atoms with Gasteiger partial charge in [-0.2, -0.15) is 5.10 Å². The molecule has 0 spiro atoms. The van der Waals surface area contributed by atoms with Gasteiger partial charge in [-0.1, -0.05) is 36.4 Å². The molecular formula is C20H19N5O2. The van der Waals surface area contributed by atoms with Gasteiger partial charge in [-0.15, -0.1) is 5.10 Å². The minimum absolute atomic E-state index is 0.102. The lowest BCUT2D eigenvalue weighted by molar-refractivity contribution is -0.142.